The first kappa shape index (κ1) is 18.5. The van der Waals surface area contributed by atoms with Gasteiger partial charge in [-0.1, -0.05) is 59.7 Å². The molecule has 0 saturated heterocycles. The summed E-state index contributed by atoms with van der Waals surface area (Å²) in [7, 11) is 0. The molecule has 0 heteroatoms. The van der Waals surface area contributed by atoms with Gasteiger partial charge in [0.2, 0.25) is 0 Å². The van der Waals surface area contributed by atoms with Crippen LogP contribution in [0.1, 0.15) is 55.6 Å². The van der Waals surface area contributed by atoms with Crippen LogP contribution in [0.2, 0.25) is 0 Å². The van der Waals surface area contributed by atoms with Gasteiger partial charge in [0, 0.05) is 0 Å². The summed E-state index contributed by atoms with van der Waals surface area (Å²) in [5, 5.41) is 0. The van der Waals surface area contributed by atoms with Crippen molar-refractivity contribution in [1.29, 1.82) is 0 Å². The fourth-order valence-electron chi connectivity index (χ4n) is 4.26. The van der Waals surface area contributed by atoms with E-state index in [1.165, 1.54) is 55.6 Å². The highest BCUT2D eigenvalue weighted by Crippen LogP contribution is 2.25. The number of hydrogen-bond donors (Lipinski definition) is 0. The fraction of sp³-hybridized carbons (Fsp3) is 0.308. The van der Waals surface area contributed by atoms with Crippen LogP contribution < -0.4 is 0 Å². The third-order valence-electron chi connectivity index (χ3n) is 5.53. The lowest BCUT2D eigenvalue weighted by Crippen LogP contribution is -2.03. The molecule has 0 aliphatic heterocycles. The van der Waals surface area contributed by atoms with Crippen LogP contribution in [0, 0.1) is 41.5 Å². The van der Waals surface area contributed by atoms with Crippen molar-refractivity contribution in [1.82, 2.24) is 0 Å². The maximum atomic E-state index is 2.30. The van der Waals surface area contributed by atoms with E-state index < -0.39 is 0 Å². The second-order valence-corrected chi connectivity index (χ2v) is 7.88. The Balaban J connectivity index is 1.98. The Morgan fingerprint density at radius 2 is 0.808 bits per heavy atom. The van der Waals surface area contributed by atoms with E-state index in [1.54, 1.807) is 0 Å². The predicted molar refractivity (Wildman–Crippen MR) is 113 cm³/mol. The van der Waals surface area contributed by atoms with Gasteiger partial charge in [-0.2, -0.15) is 0 Å². The van der Waals surface area contributed by atoms with Crippen LogP contribution in [0.3, 0.4) is 0 Å². The van der Waals surface area contributed by atoms with E-state index in [0.29, 0.717) is 0 Å². The molecule has 26 heavy (non-hydrogen) atoms. The molecule has 0 spiro atoms. The lowest BCUT2D eigenvalue weighted by Gasteiger charge is -2.17. The molecule has 3 aromatic rings. The molecular weight excluding hydrogens is 312 g/mol. The van der Waals surface area contributed by atoms with Gasteiger partial charge in [-0.15, -0.1) is 0 Å². The molecule has 134 valence electrons. The number of rotatable bonds is 4. The van der Waals surface area contributed by atoms with E-state index in [0.717, 1.165) is 12.8 Å². The van der Waals surface area contributed by atoms with E-state index in [9.17, 15) is 0 Å². The molecule has 0 atom stereocenters. The molecule has 0 fully saturated rings. The summed E-state index contributed by atoms with van der Waals surface area (Å²) < 4.78 is 0. The summed E-state index contributed by atoms with van der Waals surface area (Å²) in [6.45, 7) is 13.3. The van der Waals surface area contributed by atoms with E-state index >= 15 is 0 Å². The predicted octanol–water partition coefficient (Wildman–Crippen LogP) is 6.72. The highest BCUT2D eigenvalue weighted by molar-refractivity contribution is 5.46. The van der Waals surface area contributed by atoms with Crippen LogP contribution in [0.5, 0.6) is 0 Å². The van der Waals surface area contributed by atoms with Crippen LogP contribution in [-0.2, 0) is 12.8 Å². The molecule has 0 aromatic heterocycles. The zero-order chi connectivity index (χ0) is 18.8. The van der Waals surface area contributed by atoms with Crippen LogP contribution in [-0.4, -0.2) is 0 Å². The Hall–Kier alpha value is -2.34. The molecule has 0 bridgehead atoms. The van der Waals surface area contributed by atoms with Crippen molar-refractivity contribution in [2.45, 2.75) is 54.4 Å². The van der Waals surface area contributed by atoms with Gasteiger partial charge in [0.1, 0.15) is 0 Å². The lowest BCUT2D eigenvalue weighted by atomic mass is 9.88. The molecule has 3 rings (SSSR count). The van der Waals surface area contributed by atoms with Gasteiger partial charge in [-0.25, -0.2) is 0 Å². The minimum atomic E-state index is 1.01. The van der Waals surface area contributed by atoms with Crippen molar-refractivity contribution in [3.05, 3.63) is 104 Å². The fourth-order valence-corrected chi connectivity index (χ4v) is 4.26. The summed E-state index contributed by atoms with van der Waals surface area (Å²) in [4.78, 5) is 0. The van der Waals surface area contributed by atoms with Gasteiger partial charge < -0.3 is 0 Å². The number of hydrogen-bond acceptors (Lipinski definition) is 0. The second-order valence-electron chi connectivity index (χ2n) is 7.88. The molecule has 0 saturated carbocycles. The first-order valence-electron chi connectivity index (χ1n) is 9.55. The molecule has 0 N–H and O–H groups in total. The van der Waals surface area contributed by atoms with Gasteiger partial charge in [-0.05, 0) is 98.9 Å². The average Bonchev–Trinajstić information content (AvgIpc) is 2.55. The van der Waals surface area contributed by atoms with Crippen LogP contribution in [0.4, 0.5) is 0 Å². The van der Waals surface area contributed by atoms with Gasteiger partial charge in [-0.3, -0.25) is 0 Å². The van der Waals surface area contributed by atoms with E-state index in [4.69, 9.17) is 0 Å². The van der Waals surface area contributed by atoms with Gasteiger partial charge in [0.05, 0.1) is 0 Å². The normalized spacial score (nSPS) is 11.0. The first-order valence-corrected chi connectivity index (χ1v) is 9.55. The summed E-state index contributed by atoms with van der Waals surface area (Å²) in [6.07, 6.45) is 2.02. The zero-order valence-electron chi connectivity index (χ0n) is 17.0. The van der Waals surface area contributed by atoms with Crippen LogP contribution >= 0.6 is 0 Å². The Morgan fingerprint density at radius 3 is 1.12 bits per heavy atom. The summed E-state index contributed by atoms with van der Waals surface area (Å²) in [6, 6.07) is 18.2. The van der Waals surface area contributed by atoms with E-state index in [-0.39, 0.29) is 0 Å². The van der Waals surface area contributed by atoms with E-state index in [2.05, 4.69) is 90.1 Å². The summed E-state index contributed by atoms with van der Waals surface area (Å²) in [5.74, 6) is 0. The molecule has 3 aromatic carbocycles. The molecule has 0 unspecified atom stereocenters. The Morgan fingerprint density at radius 1 is 0.500 bits per heavy atom. The number of benzene rings is 3. The molecular formula is C26H30. The second kappa shape index (κ2) is 7.50. The van der Waals surface area contributed by atoms with Crippen molar-refractivity contribution in [2.75, 3.05) is 0 Å². The Kier molecular flexibility index (Phi) is 5.32. The summed E-state index contributed by atoms with van der Waals surface area (Å²) in [5.41, 5.74) is 14.1. The molecule has 0 radical (unpaired) electrons. The molecule has 0 aliphatic carbocycles. The maximum Gasteiger partial charge on any atom is -0.00177 e. The smallest absolute Gasteiger partial charge is 0.00177 e. The lowest BCUT2D eigenvalue weighted by molar-refractivity contribution is 1.04. The standard InChI is InChI=1S/C26H30/c1-17-11-19(3)25(20(4)12-17)15-23-9-7-8-10-24(23)16-26-21(5)13-18(2)14-22(26)6/h7-14H,15-16H2,1-6H3. The molecule has 0 heterocycles. The van der Waals surface area contributed by atoms with Crippen molar-refractivity contribution in [3.63, 3.8) is 0 Å². The van der Waals surface area contributed by atoms with Crippen LogP contribution in [0.25, 0.3) is 0 Å². The van der Waals surface area contributed by atoms with E-state index in [1.807, 2.05) is 0 Å². The molecule has 0 aliphatic rings. The number of aryl methyl sites for hydroxylation is 6. The van der Waals surface area contributed by atoms with Crippen molar-refractivity contribution in [3.8, 4) is 0 Å². The first-order chi connectivity index (χ1) is 12.3. The Labute approximate surface area is 158 Å². The minimum Gasteiger partial charge on any atom is -0.0620 e. The average molecular weight is 343 g/mol. The Bertz CT molecular complexity index is 819. The van der Waals surface area contributed by atoms with Gasteiger partial charge >= 0.3 is 0 Å². The van der Waals surface area contributed by atoms with Crippen molar-refractivity contribution >= 4 is 0 Å². The van der Waals surface area contributed by atoms with Gasteiger partial charge in [0.25, 0.3) is 0 Å². The van der Waals surface area contributed by atoms with Crippen molar-refractivity contribution in [2.24, 2.45) is 0 Å². The molecule has 0 nitrogen and oxygen atoms in total. The third-order valence-corrected chi connectivity index (χ3v) is 5.53. The quantitative estimate of drug-likeness (QED) is 0.494. The van der Waals surface area contributed by atoms with Crippen LogP contribution in [0.15, 0.2) is 48.5 Å². The third kappa shape index (κ3) is 3.90. The molecule has 0 amide bonds. The maximum absolute atomic E-state index is 2.30. The van der Waals surface area contributed by atoms with Crippen molar-refractivity contribution < 1.29 is 0 Å². The minimum absolute atomic E-state index is 1.01. The summed E-state index contributed by atoms with van der Waals surface area (Å²) >= 11 is 0. The highest BCUT2D eigenvalue weighted by Gasteiger charge is 2.11. The largest absolute Gasteiger partial charge is 0.0620 e. The SMILES string of the molecule is Cc1cc(C)c(Cc2ccccc2Cc2c(C)cc(C)cc2C)c(C)c1. The highest BCUT2D eigenvalue weighted by atomic mass is 14.2. The monoisotopic (exact) mass is 342 g/mol. The van der Waals surface area contributed by atoms with Gasteiger partial charge in [0.15, 0.2) is 0 Å². The topological polar surface area (TPSA) is 0 Å². The zero-order valence-corrected chi connectivity index (χ0v) is 17.0.